The summed E-state index contributed by atoms with van der Waals surface area (Å²) in [5.41, 5.74) is 1.33. The Morgan fingerprint density at radius 1 is 1.11 bits per heavy atom. The van der Waals surface area contributed by atoms with Crippen molar-refractivity contribution in [3.63, 3.8) is 0 Å². The second kappa shape index (κ2) is 4.13. The van der Waals surface area contributed by atoms with Crippen LogP contribution in [0.15, 0.2) is 29.1 Å². The largest absolute Gasteiger partial charge is 0.322 e. The van der Waals surface area contributed by atoms with Crippen molar-refractivity contribution in [3.8, 4) is 0 Å². The highest BCUT2D eigenvalue weighted by Crippen LogP contribution is 2.11. The molecule has 96 valence electrons. The summed E-state index contributed by atoms with van der Waals surface area (Å²) in [6, 6.07) is 4.07. The number of fused-ring (bicyclic) bond motifs is 1. The Bertz CT molecular complexity index is 756. The molecule has 2 aromatic rings. The van der Waals surface area contributed by atoms with Crippen LogP contribution in [0.3, 0.4) is 0 Å². The van der Waals surface area contributed by atoms with Crippen molar-refractivity contribution in [1.82, 2.24) is 20.8 Å². The van der Waals surface area contributed by atoms with E-state index in [1.54, 1.807) is 30.4 Å². The van der Waals surface area contributed by atoms with E-state index in [2.05, 4.69) is 20.8 Å². The van der Waals surface area contributed by atoms with Crippen molar-refractivity contribution in [3.05, 3.63) is 40.2 Å². The number of rotatable bonds is 2. The zero-order valence-electron chi connectivity index (χ0n) is 9.69. The molecule has 3 amide bonds. The summed E-state index contributed by atoms with van der Waals surface area (Å²) in [6.45, 7) is 0. The monoisotopic (exact) mass is 258 g/mol. The van der Waals surface area contributed by atoms with Crippen molar-refractivity contribution in [2.75, 3.05) is 0 Å². The molecular weight excluding hydrogens is 248 g/mol. The van der Waals surface area contributed by atoms with Gasteiger partial charge in [-0.3, -0.25) is 25.1 Å². The zero-order valence-corrected chi connectivity index (χ0v) is 9.69. The number of imide groups is 1. The third kappa shape index (κ3) is 2.01. The van der Waals surface area contributed by atoms with E-state index in [4.69, 9.17) is 0 Å². The van der Waals surface area contributed by atoms with Gasteiger partial charge in [0, 0.05) is 0 Å². The van der Waals surface area contributed by atoms with E-state index in [9.17, 15) is 14.4 Å². The van der Waals surface area contributed by atoms with Crippen LogP contribution in [0, 0.1) is 0 Å². The Morgan fingerprint density at radius 2 is 1.95 bits per heavy atom. The Morgan fingerprint density at radius 3 is 2.68 bits per heavy atom. The fraction of sp³-hybridized carbons (Fsp3) is 0.0833. The van der Waals surface area contributed by atoms with Gasteiger partial charge in [-0.2, -0.15) is 0 Å². The molecule has 1 fully saturated rings. The fourth-order valence-corrected chi connectivity index (χ4v) is 1.93. The second-order valence-electron chi connectivity index (χ2n) is 4.18. The van der Waals surface area contributed by atoms with Crippen molar-refractivity contribution in [2.24, 2.45) is 0 Å². The molecule has 1 unspecified atom stereocenters. The minimum atomic E-state index is -0.659. The number of carbonyl (C=O) groups excluding carboxylic acids is 2. The maximum Gasteiger partial charge on any atom is 0.322 e. The molecule has 1 aromatic carbocycles. The van der Waals surface area contributed by atoms with E-state index in [1.165, 1.54) is 0 Å². The molecule has 1 aromatic heterocycles. The molecule has 0 aliphatic carbocycles. The van der Waals surface area contributed by atoms with Gasteiger partial charge in [0.25, 0.3) is 11.5 Å². The average Bonchev–Trinajstić information content (AvgIpc) is 2.90. The summed E-state index contributed by atoms with van der Waals surface area (Å²) in [6.07, 6.45) is 3.30. The van der Waals surface area contributed by atoms with Crippen LogP contribution >= 0.6 is 0 Å². The van der Waals surface area contributed by atoms with Crippen LogP contribution in [-0.2, 0) is 4.79 Å². The first-order chi connectivity index (χ1) is 9.13. The highest BCUT2D eigenvalue weighted by atomic mass is 16.2. The molecule has 7 heteroatoms. The highest BCUT2D eigenvalue weighted by Gasteiger charge is 2.26. The lowest BCUT2D eigenvalue weighted by atomic mass is 10.1. The zero-order chi connectivity index (χ0) is 13.4. The number of hydrogen-bond donors (Lipinski definition) is 4. The molecule has 2 heterocycles. The van der Waals surface area contributed by atoms with Crippen LogP contribution in [0.4, 0.5) is 4.79 Å². The molecule has 0 spiro atoms. The van der Waals surface area contributed by atoms with Gasteiger partial charge < -0.3 is 5.32 Å². The molecule has 0 saturated carbocycles. The van der Waals surface area contributed by atoms with E-state index >= 15 is 0 Å². The minimum Gasteiger partial charge on any atom is -0.322 e. The van der Waals surface area contributed by atoms with Crippen LogP contribution in [0.25, 0.3) is 17.0 Å². The second-order valence-corrected chi connectivity index (χ2v) is 4.18. The van der Waals surface area contributed by atoms with E-state index in [0.717, 1.165) is 5.56 Å². The predicted molar refractivity (Wildman–Crippen MR) is 68.4 cm³/mol. The summed E-state index contributed by atoms with van der Waals surface area (Å²) in [5.74, 6) is -0.377. The van der Waals surface area contributed by atoms with Gasteiger partial charge >= 0.3 is 6.03 Å². The molecule has 19 heavy (non-hydrogen) atoms. The molecule has 7 nitrogen and oxygen atoms in total. The minimum absolute atomic E-state index is 0.173. The van der Waals surface area contributed by atoms with Gasteiger partial charge in [-0.05, 0) is 17.7 Å². The smallest absolute Gasteiger partial charge is 0.322 e. The average molecular weight is 258 g/mol. The number of H-pyrrole nitrogens is 2. The topological polar surface area (TPSA) is 107 Å². The maximum atomic E-state index is 11.3. The number of hydrogen-bond acceptors (Lipinski definition) is 3. The lowest BCUT2D eigenvalue weighted by Gasteiger charge is -1.99. The van der Waals surface area contributed by atoms with Crippen LogP contribution in [-0.4, -0.2) is 28.2 Å². The van der Waals surface area contributed by atoms with Crippen molar-refractivity contribution >= 4 is 28.9 Å². The number of amides is 3. The van der Waals surface area contributed by atoms with E-state index in [-0.39, 0.29) is 11.5 Å². The lowest BCUT2D eigenvalue weighted by Crippen LogP contribution is -2.26. The summed E-state index contributed by atoms with van der Waals surface area (Å²) < 4.78 is 0. The van der Waals surface area contributed by atoms with Gasteiger partial charge in [-0.25, -0.2) is 4.79 Å². The van der Waals surface area contributed by atoms with Gasteiger partial charge in [0.1, 0.15) is 6.04 Å². The van der Waals surface area contributed by atoms with Crippen molar-refractivity contribution in [2.45, 2.75) is 6.04 Å². The summed E-state index contributed by atoms with van der Waals surface area (Å²) in [7, 11) is 0. The van der Waals surface area contributed by atoms with Gasteiger partial charge in [-0.1, -0.05) is 18.2 Å². The molecule has 4 N–H and O–H groups in total. The highest BCUT2D eigenvalue weighted by molar-refractivity contribution is 6.05. The Labute approximate surface area is 106 Å². The first kappa shape index (κ1) is 11.3. The lowest BCUT2D eigenvalue weighted by molar-refractivity contribution is -0.119. The summed E-state index contributed by atoms with van der Waals surface area (Å²) >= 11 is 0. The summed E-state index contributed by atoms with van der Waals surface area (Å²) in [4.78, 5) is 33.6. The van der Waals surface area contributed by atoms with E-state index in [1.807, 2.05) is 0 Å². The Kier molecular flexibility index (Phi) is 2.45. The van der Waals surface area contributed by atoms with Crippen LogP contribution < -0.4 is 16.2 Å². The molecule has 0 bridgehead atoms. The van der Waals surface area contributed by atoms with Crippen LogP contribution in [0.5, 0.6) is 0 Å². The number of nitrogens with one attached hydrogen (secondary N) is 4. The molecular formula is C12H10N4O3. The first-order valence-corrected chi connectivity index (χ1v) is 5.63. The third-order valence-corrected chi connectivity index (χ3v) is 2.89. The molecule has 1 aliphatic rings. The quantitative estimate of drug-likeness (QED) is 0.573. The molecule has 1 saturated heterocycles. The Hall–Kier alpha value is -2.83. The summed E-state index contributed by atoms with van der Waals surface area (Å²) in [5, 5.41) is 10.4. The van der Waals surface area contributed by atoms with Crippen LogP contribution in [0.2, 0.25) is 0 Å². The maximum absolute atomic E-state index is 11.3. The van der Waals surface area contributed by atoms with E-state index < -0.39 is 12.1 Å². The van der Waals surface area contributed by atoms with Gasteiger partial charge in [0.05, 0.1) is 10.9 Å². The number of aromatic nitrogens is 2. The predicted octanol–water partition coefficient (Wildman–Crippen LogP) is 0.0774. The third-order valence-electron chi connectivity index (χ3n) is 2.89. The van der Waals surface area contributed by atoms with Crippen molar-refractivity contribution < 1.29 is 9.59 Å². The van der Waals surface area contributed by atoms with Gasteiger partial charge in [0.15, 0.2) is 0 Å². The molecule has 1 aliphatic heterocycles. The molecule has 1 atom stereocenters. The molecule has 0 radical (unpaired) electrons. The number of urea groups is 1. The van der Waals surface area contributed by atoms with E-state index in [0.29, 0.717) is 10.9 Å². The fourth-order valence-electron chi connectivity index (χ4n) is 1.93. The molecule has 3 rings (SSSR count). The van der Waals surface area contributed by atoms with Gasteiger partial charge in [0.2, 0.25) is 0 Å². The number of carbonyl (C=O) groups is 2. The van der Waals surface area contributed by atoms with Gasteiger partial charge in [-0.15, -0.1) is 0 Å². The SMILES string of the molecule is O=C1NC(=O)C(C=Cc2ccc3c(=O)[nH][nH]c3c2)N1. The standard InChI is InChI=1S/C12H10N4O3/c17-10-7-3-1-6(5-9(7)15-16-10)2-4-8-11(18)14-12(19)13-8/h1-5,8H,(H2,15,16,17)(H2,13,14,18,19). The van der Waals surface area contributed by atoms with Crippen molar-refractivity contribution in [1.29, 1.82) is 0 Å². The normalized spacial score (nSPS) is 19.1. The first-order valence-electron chi connectivity index (χ1n) is 5.63. The number of benzene rings is 1. The number of aromatic amines is 2. The van der Waals surface area contributed by atoms with Crippen LogP contribution in [0.1, 0.15) is 5.56 Å². The Balaban J connectivity index is 1.87.